The quantitative estimate of drug-likeness (QED) is 0.260. The lowest BCUT2D eigenvalue weighted by Crippen LogP contribution is -2.51. The third kappa shape index (κ3) is 7.57. The second kappa shape index (κ2) is 12.9. The van der Waals surface area contributed by atoms with E-state index in [2.05, 4.69) is 13.8 Å². The first kappa shape index (κ1) is 35.4. The molecule has 3 saturated carbocycles. The van der Waals surface area contributed by atoms with Crippen LogP contribution in [0.25, 0.3) is 0 Å². The highest BCUT2D eigenvalue weighted by molar-refractivity contribution is 7.91. The van der Waals surface area contributed by atoms with Crippen LogP contribution in [0.1, 0.15) is 98.8 Å². The second-order valence-electron chi connectivity index (χ2n) is 16.8. The van der Waals surface area contributed by atoms with Gasteiger partial charge in [0.15, 0.2) is 15.6 Å². The van der Waals surface area contributed by atoms with Crippen molar-refractivity contribution in [3.63, 3.8) is 0 Å². The summed E-state index contributed by atoms with van der Waals surface area (Å²) in [4.78, 5) is 68.8. The minimum atomic E-state index is -3.61. The van der Waals surface area contributed by atoms with Gasteiger partial charge in [0.1, 0.15) is 5.78 Å². The summed E-state index contributed by atoms with van der Waals surface area (Å²) in [5.41, 5.74) is 3.95. The molecule has 258 valence electrons. The van der Waals surface area contributed by atoms with Crippen molar-refractivity contribution in [2.45, 2.75) is 110 Å². The van der Waals surface area contributed by atoms with Crippen molar-refractivity contribution in [3.05, 3.63) is 30.3 Å². The summed E-state index contributed by atoms with van der Waals surface area (Å²) in [6.07, 6.45) is 5.32. The maximum absolute atomic E-state index is 14.5. The third-order valence-electron chi connectivity index (χ3n) is 11.8. The fourth-order valence-electron chi connectivity index (χ4n) is 8.78. The Balaban J connectivity index is 1.33. The average molecular weight is 669 g/mol. The smallest absolute Gasteiger partial charge is 0.285 e. The summed E-state index contributed by atoms with van der Waals surface area (Å²) in [6, 6.07) is 7.62. The van der Waals surface area contributed by atoms with Crippen LogP contribution < -0.4 is 5.73 Å². The molecule has 1 aromatic rings. The molecule has 0 radical (unpaired) electrons. The lowest BCUT2D eigenvalue weighted by molar-refractivity contribution is -0.148. The number of ketones is 3. The zero-order valence-corrected chi connectivity index (χ0v) is 29.4. The molecular weight excluding hydrogens is 616 g/mol. The van der Waals surface area contributed by atoms with Crippen LogP contribution in [0, 0.1) is 45.8 Å². The molecule has 9 nitrogen and oxygen atoms in total. The van der Waals surface area contributed by atoms with E-state index in [0.717, 1.165) is 25.7 Å². The van der Waals surface area contributed by atoms with Gasteiger partial charge in [-0.15, -0.1) is 0 Å². The number of nitrogens with zero attached hydrogens (tertiary/aromatic N) is 1. The van der Waals surface area contributed by atoms with Gasteiger partial charge in [0.25, 0.3) is 5.91 Å². The summed E-state index contributed by atoms with van der Waals surface area (Å²) >= 11 is 0. The number of sulfone groups is 1. The summed E-state index contributed by atoms with van der Waals surface area (Å²) < 4.78 is 26.8. The Hall–Kier alpha value is -2.88. The van der Waals surface area contributed by atoms with Crippen LogP contribution in [-0.4, -0.2) is 60.8 Å². The Labute approximate surface area is 279 Å². The Bertz CT molecular complexity index is 1520. The highest BCUT2D eigenvalue weighted by Crippen LogP contribution is 2.65. The molecule has 10 heteroatoms. The van der Waals surface area contributed by atoms with Crippen molar-refractivity contribution >= 4 is 39.0 Å². The van der Waals surface area contributed by atoms with E-state index in [4.69, 9.17) is 5.73 Å². The Kier molecular flexibility index (Phi) is 9.70. The number of rotatable bonds is 15. The standard InChI is InChI=1S/C37H52N2O7S/c1-35(2,3)27(19-25(40)20-37(15-9-10-16-37)22-47(45,46)26-11-7-6-8-12-26)34(44)39-21-28-30(36(28,4)5)31(39)29(41)18-24(17-23-13-14-23)32(42)33(38)43/h6-8,11-12,23-24,27-28,30-31H,9-10,13-22H2,1-5H3,(H2,38,43)/t24?,27-,28?,30+,31-/m1/s1. The molecule has 1 saturated heterocycles. The molecule has 1 aromatic carbocycles. The summed E-state index contributed by atoms with van der Waals surface area (Å²) in [7, 11) is -3.61. The predicted molar refractivity (Wildman–Crippen MR) is 178 cm³/mol. The van der Waals surface area contributed by atoms with E-state index in [1.807, 2.05) is 20.8 Å². The zero-order valence-electron chi connectivity index (χ0n) is 28.6. The Morgan fingerprint density at radius 1 is 0.979 bits per heavy atom. The van der Waals surface area contributed by atoms with Crippen LogP contribution in [-0.2, 0) is 33.8 Å². The highest BCUT2D eigenvalue weighted by atomic mass is 32.2. The van der Waals surface area contributed by atoms with E-state index in [1.165, 1.54) is 0 Å². The molecule has 0 spiro atoms. The number of carbonyl (C=O) groups excluding carboxylic acids is 5. The van der Waals surface area contributed by atoms with Crippen molar-refractivity contribution < 1.29 is 32.4 Å². The monoisotopic (exact) mass is 668 g/mol. The number of hydrogen-bond acceptors (Lipinski definition) is 7. The number of nitrogens with two attached hydrogens (primary N) is 1. The van der Waals surface area contributed by atoms with E-state index in [9.17, 15) is 32.4 Å². The van der Waals surface area contributed by atoms with E-state index in [-0.39, 0.29) is 64.6 Å². The number of carbonyl (C=O) groups is 5. The molecule has 0 bridgehead atoms. The highest BCUT2D eigenvalue weighted by Gasteiger charge is 2.69. The van der Waals surface area contributed by atoms with E-state index in [1.54, 1.807) is 35.2 Å². The van der Waals surface area contributed by atoms with Crippen molar-refractivity contribution in [3.8, 4) is 0 Å². The van der Waals surface area contributed by atoms with Gasteiger partial charge in [0.2, 0.25) is 11.7 Å². The Morgan fingerprint density at radius 3 is 2.15 bits per heavy atom. The van der Waals surface area contributed by atoms with Gasteiger partial charge in [-0.25, -0.2) is 8.42 Å². The SMILES string of the molecule is CC(C)(C)[C@H](CC(=O)CC1(CS(=O)(=O)c2ccccc2)CCCC1)C(=O)N1CC2[C@@H]([C@H]1C(=O)CC(CC1CC1)C(=O)C(N)=O)C2(C)C. The molecule has 5 rings (SSSR count). The number of hydrogen-bond donors (Lipinski definition) is 1. The van der Waals surface area contributed by atoms with Crippen LogP contribution in [0.15, 0.2) is 35.2 Å². The number of likely N-dealkylation sites (tertiary alicyclic amines) is 1. The zero-order chi connectivity index (χ0) is 34.5. The first-order valence-electron chi connectivity index (χ1n) is 17.3. The fraction of sp³-hybridized carbons (Fsp3) is 0.703. The molecule has 0 aromatic heterocycles. The summed E-state index contributed by atoms with van der Waals surface area (Å²) in [5, 5.41) is 0. The molecular formula is C37H52N2O7S. The predicted octanol–water partition coefficient (Wildman–Crippen LogP) is 4.95. The normalized spacial score (nSPS) is 25.9. The lowest BCUT2D eigenvalue weighted by atomic mass is 9.74. The van der Waals surface area contributed by atoms with Crippen LogP contribution in [0.4, 0.5) is 0 Å². The van der Waals surface area contributed by atoms with Gasteiger partial charge in [-0.05, 0) is 65.4 Å². The molecule has 1 heterocycles. The Morgan fingerprint density at radius 2 is 1.60 bits per heavy atom. The van der Waals surface area contributed by atoms with Gasteiger partial charge >= 0.3 is 0 Å². The van der Waals surface area contributed by atoms with Crippen LogP contribution >= 0.6 is 0 Å². The van der Waals surface area contributed by atoms with Crippen LogP contribution in [0.3, 0.4) is 0 Å². The molecule has 1 aliphatic heterocycles. The number of primary amides is 1. The molecule has 2 N–H and O–H groups in total. The van der Waals surface area contributed by atoms with Gasteiger partial charge in [-0.1, -0.05) is 78.5 Å². The second-order valence-corrected chi connectivity index (χ2v) is 18.8. The fourth-order valence-corrected chi connectivity index (χ4v) is 10.7. The van der Waals surface area contributed by atoms with E-state index >= 15 is 0 Å². The van der Waals surface area contributed by atoms with Crippen molar-refractivity contribution in [2.75, 3.05) is 12.3 Å². The average Bonchev–Trinajstić information content (AvgIpc) is 3.74. The number of fused-ring (bicyclic) bond motifs is 1. The molecule has 47 heavy (non-hydrogen) atoms. The minimum Gasteiger partial charge on any atom is -0.363 e. The topological polar surface area (TPSA) is 149 Å². The number of Topliss-reactive ketones (excluding diaryl/α,β-unsaturated/α-hetero) is 3. The summed E-state index contributed by atoms with van der Waals surface area (Å²) in [5.74, 6) is -3.53. The van der Waals surface area contributed by atoms with Gasteiger partial charge < -0.3 is 10.6 Å². The summed E-state index contributed by atoms with van der Waals surface area (Å²) in [6.45, 7) is 10.4. The molecule has 2 unspecified atom stereocenters. The van der Waals surface area contributed by atoms with Crippen molar-refractivity contribution in [1.82, 2.24) is 4.90 Å². The minimum absolute atomic E-state index is 0.0317. The number of amides is 2. The molecule has 4 fully saturated rings. The van der Waals surface area contributed by atoms with Crippen molar-refractivity contribution in [1.29, 1.82) is 0 Å². The van der Waals surface area contributed by atoms with Crippen LogP contribution in [0.5, 0.6) is 0 Å². The van der Waals surface area contributed by atoms with E-state index < -0.39 is 50.2 Å². The molecule has 4 aliphatic rings. The first-order chi connectivity index (χ1) is 21.9. The van der Waals surface area contributed by atoms with Gasteiger partial charge in [-0.3, -0.25) is 24.0 Å². The first-order valence-corrected chi connectivity index (χ1v) is 19.0. The van der Waals surface area contributed by atoms with E-state index in [0.29, 0.717) is 31.7 Å². The number of piperidine rings is 1. The van der Waals surface area contributed by atoms with Gasteiger partial charge in [0, 0.05) is 37.6 Å². The largest absolute Gasteiger partial charge is 0.363 e. The maximum atomic E-state index is 14.5. The van der Waals surface area contributed by atoms with Gasteiger partial charge in [-0.2, -0.15) is 0 Å². The lowest BCUT2D eigenvalue weighted by Gasteiger charge is -2.38. The van der Waals surface area contributed by atoms with Gasteiger partial charge in [0.05, 0.1) is 16.7 Å². The molecule has 3 aliphatic carbocycles. The number of benzene rings is 1. The van der Waals surface area contributed by atoms with Crippen LogP contribution in [0.2, 0.25) is 0 Å². The molecule has 2 amide bonds. The van der Waals surface area contributed by atoms with Crippen molar-refractivity contribution in [2.24, 2.45) is 51.6 Å². The molecule has 5 atom stereocenters. The third-order valence-corrected chi connectivity index (χ3v) is 13.8. The maximum Gasteiger partial charge on any atom is 0.285 e.